The zero-order valence-electron chi connectivity index (χ0n) is 12.5. The molecule has 1 aromatic rings. The molecule has 2 rings (SSSR count). The summed E-state index contributed by atoms with van der Waals surface area (Å²) < 4.78 is 5.50. The van der Waals surface area contributed by atoms with Gasteiger partial charge in [0.25, 0.3) is 0 Å². The first-order valence-electron chi connectivity index (χ1n) is 7.32. The van der Waals surface area contributed by atoms with Crippen LogP contribution in [0.4, 0.5) is 11.4 Å². The molecular weight excluding hydrogens is 272 g/mol. The SMILES string of the molecule is CC(C)Oc1cccc(NCC2(O)CCCC2)c1[N+](=O)[O-]. The predicted octanol–water partition coefficient (Wildman–Crippen LogP) is 3.10. The van der Waals surface area contributed by atoms with Crippen LogP contribution in [-0.4, -0.2) is 28.3 Å². The molecule has 1 aliphatic rings. The van der Waals surface area contributed by atoms with Crippen molar-refractivity contribution < 1.29 is 14.8 Å². The van der Waals surface area contributed by atoms with Crippen molar-refractivity contribution in [3.8, 4) is 5.75 Å². The van der Waals surface area contributed by atoms with Crippen LogP contribution in [0.3, 0.4) is 0 Å². The number of aliphatic hydroxyl groups is 1. The van der Waals surface area contributed by atoms with Crippen molar-refractivity contribution in [2.45, 2.75) is 51.2 Å². The van der Waals surface area contributed by atoms with Gasteiger partial charge in [-0.25, -0.2) is 0 Å². The fraction of sp³-hybridized carbons (Fsp3) is 0.600. The number of benzene rings is 1. The Hall–Kier alpha value is -1.82. The van der Waals surface area contributed by atoms with Gasteiger partial charge in [0.15, 0.2) is 5.75 Å². The maximum absolute atomic E-state index is 11.3. The van der Waals surface area contributed by atoms with E-state index in [9.17, 15) is 15.2 Å². The molecule has 0 atom stereocenters. The Bertz CT molecular complexity index is 510. The minimum Gasteiger partial charge on any atom is -0.484 e. The van der Waals surface area contributed by atoms with Crippen molar-refractivity contribution >= 4 is 11.4 Å². The number of hydrogen-bond acceptors (Lipinski definition) is 5. The lowest BCUT2D eigenvalue weighted by molar-refractivity contribution is -0.385. The molecule has 0 heterocycles. The molecule has 0 saturated heterocycles. The van der Waals surface area contributed by atoms with Crippen LogP contribution >= 0.6 is 0 Å². The fourth-order valence-electron chi connectivity index (χ4n) is 2.67. The summed E-state index contributed by atoms with van der Waals surface area (Å²) in [5.74, 6) is 0.249. The molecule has 0 spiro atoms. The first kappa shape index (κ1) is 15.6. The topological polar surface area (TPSA) is 84.6 Å². The second-order valence-electron chi connectivity index (χ2n) is 5.86. The molecule has 0 unspecified atom stereocenters. The Kier molecular flexibility index (Phi) is 4.67. The van der Waals surface area contributed by atoms with E-state index in [-0.39, 0.29) is 17.5 Å². The summed E-state index contributed by atoms with van der Waals surface area (Å²) in [5, 5.41) is 24.7. The summed E-state index contributed by atoms with van der Waals surface area (Å²) in [6.45, 7) is 3.97. The average molecular weight is 294 g/mol. The summed E-state index contributed by atoms with van der Waals surface area (Å²) in [5.41, 5.74) is -0.450. The van der Waals surface area contributed by atoms with Gasteiger partial charge in [0.2, 0.25) is 0 Å². The standard InChI is InChI=1S/C15H22N2O4/c1-11(2)21-13-7-5-6-12(14(13)17(19)20)16-10-15(18)8-3-4-9-15/h5-7,11,16,18H,3-4,8-10H2,1-2H3. The number of nitrogens with zero attached hydrogens (tertiary/aromatic N) is 1. The van der Waals surface area contributed by atoms with E-state index in [1.807, 2.05) is 13.8 Å². The van der Waals surface area contributed by atoms with Crippen LogP contribution in [0.5, 0.6) is 5.75 Å². The van der Waals surface area contributed by atoms with Gasteiger partial charge in [-0.2, -0.15) is 0 Å². The van der Waals surface area contributed by atoms with Crippen molar-refractivity contribution in [3.63, 3.8) is 0 Å². The molecule has 1 aromatic carbocycles. The highest BCUT2D eigenvalue weighted by atomic mass is 16.6. The average Bonchev–Trinajstić information content (AvgIpc) is 2.83. The van der Waals surface area contributed by atoms with Crippen LogP contribution in [-0.2, 0) is 0 Å². The maximum Gasteiger partial charge on any atom is 0.333 e. The third-order valence-corrected chi connectivity index (χ3v) is 3.69. The molecule has 21 heavy (non-hydrogen) atoms. The van der Waals surface area contributed by atoms with Gasteiger partial charge in [0, 0.05) is 6.54 Å². The molecule has 0 amide bonds. The highest BCUT2D eigenvalue weighted by Crippen LogP contribution is 2.36. The number of nitrogens with one attached hydrogen (secondary N) is 1. The van der Waals surface area contributed by atoms with Crippen LogP contribution in [0.15, 0.2) is 18.2 Å². The van der Waals surface area contributed by atoms with Crippen molar-refractivity contribution in [3.05, 3.63) is 28.3 Å². The molecule has 0 aliphatic heterocycles. The monoisotopic (exact) mass is 294 g/mol. The van der Waals surface area contributed by atoms with Gasteiger partial charge in [0.1, 0.15) is 5.69 Å². The highest BCUT2D eigenvalue weighted by molar-refractivity contribution is 5.68. The van der Waals surface area contributed by atoms with Gasteiger partial charge >= 0.3 is 5.69 Å². The van der Waals surface area contributed by atoms with Gasteiger partial charge < -0.3 is 15.2 Å². The Labute approximate surface area is 124 Å². The van der Waals surface area contributed by atoms with Crippen LogP contribution in [0.25, 0.3) is 0 Å². The van der Waals surface area contributed by atoms with E-state index in [4.69, 9.17) is 4.74 Å². The molecule has 1 saturated carbocycles. The lowest BCUT2D eigenvalue weighted by Gasteiger charge is -2.23. The number of nitro benzene ring substituents is 1. The van der Waals surface area contributed by atoms with Gasteiger partial charge in [-0.05, 0) is 38.8 Å². The minimum atomic E-state index is -0.761. The summed E-state index contributed by atoms with van der Waals surface area (Å²) >= 11 is 0. The minimum absolute atomic E-state index is 0.0761. The molecule has 6 heteroatoms. The summed E-state index contributed by atoms with van der Waals surface area (Å²) in [7, 11) is 0. The Balaban J connectivity index is 2.19. The normalized spacial score (nSPS) is 17.0. The molecule has 0 aromatic heterocycles. The van der Waals surface area contributed by atoms with E-state index in [0.29, 0.717) is 12.2 Å². The summed E-state index contributed by atoms with van der Waals surface area (Å²) in [6, 6.07) is 4.95. The number of para-hydroxylation sites is 1. The zero-order valence-corrected chi connectivity index (χ0v) is 12.5. The summed E-state index contributed by atoms with van der Waals surface area (Å²) in [4.78, 5) is 10.9. The lowest BCUT2D eigenvalue weighted by atomic mass is 10.0. The quantitative estimate of drug-likeness (QED) is 0.622. The molecule has 0 bridgehead atoms. The van der Waals surface area contributed by atoms with Crippen molar-refractivity contribution in [2.24, 2.45) is 0 Å². The van der Waals surface area contributed by atoms with Crippen molar-refractivity contribution in [2.75, 3.05) is 11.9 Å². The smallest absolute Gasteiger partial charge is 0.333 e. The number of nitro groups is 1. The van der Waals surface area contributed by atoms with Crippen LogP contribution < -0.4 is 10.1 Å². The molecular formula is C15H22N2O4. The zero-order chi connectivity index (χ0) is 15.5. The Morgan fingerprint density at radius 2 is 2.10 bits per heavy atom. The third kappa shape index (κ3) is 3.85. The van der Waals surface area contributed by atoms with E-state index in [1.165, 1.54) is 0 Å². The molecule has 6 nitrogen and oxygen atoms in total. The number of ether oxygens (including phenoxy) is 1. The molecule has 0 radical (unpaired) electrons. The number of rotatable bonds is 6. The maximum atomic E-state index is 11.3. The summed E-state index contributed by atoms with van der Waals surface area (Å²) in [6.07, 6.45) is 3.32. The molecule has 2 N–H and O–H groups in total. The predicted molar refractivity (Wildman–Crippen MR) is 80.8 cm³/mol. The van der Waals surface area contributed by atoms with E-state index >= 15 is 0 Å². The van der Waals surface area contributed by atoms with Crippen LogP contribution in [0.2, 0.25) is 0 Å². The first-order valence-corrected chi connectivity index (χ1v) is 7.32. The van der Waals surface area contributed by atoms with Gasteiger partial charge in [0.05, 0.1) is 16.6 Å². The Morgan fingerprint density at radius 1 is 1.43 bits per heavy atom. The van der Waals surface area contributed by atoms with E-state index in [2.05, 4.69) is 5.32 Å². The van der Waals surface area contributed by atoms with Crippen molar-refractivity contribution in [1.82, 2.24) is 0 Å². The van der Waals surface area contributed by atoms with E-state index < -0.39 is 10.5 Å². The first-order chi connectivity index (χ1) is 9.91. The second-order valence-corrected chi connectivity index (χ2v) is 5.86. The van der Waals surface area contributed by atoms with Crippen LogP contribution in [0.1, 0.15) is 39.5 Å². The van der Waals surface area contributed by atoms with E-state index in [0.717, 1.165) is 25.7 Å². The van der Waals surface area contributed by atoms with Crippen molar-refractivity contribution in [1.29, 1.82) is 0 Å². The van der Waals surface area contributed by atoms with Gasteiger partial charge in [-0.3, -0.25) is 10.1 Å². The molecule has 1 fully saturated rings. The third-order valence-electron chi connectivity index (χ3n) is 3.69. The number of anilines is 1. The molecule has 116 valence electrons. The highest BCUT2D eigenvalue weighted by Gasteiger charge is 2.32. The lowest BCUT2D eigenvalue weighted by Crippen LogP contribution is -2.33. The largest absolute Gasteiger partial charge is 0.484 e. The van der Waals surface area contributed by atoms with Gasteiger partial charge in [-0.1, -0.05) is 18.9 Å². The second kappa shape index (κ2) is 6.30. The number of hydrogen-bond donors (Lipinski definition) is 2. The fourth-order valence-corrected chi connectivity index (χ4v) is 2.67. The Morgan fingerprint density at radius 3 is 2.67 bits per heavy atom. The van der Waals surface area contributed by atoms with Gasteiger partial charge in [-0.15, -0.1) is 0 Å². The molecule has 1 aliphatic carbocycles. The van der Waals surface area contributed by atoms with Crippen LogP contribution in [0, 0.1) is 10.1 Å². The van der Waals surface area contributed by atoms with E-state index in [1.54, 1.807) is 18.2 Å².